The first-order valence-corrected chi connectivity index (χ1v) is 5.18. The largest absolute Gasteiger partial charge is 0.341 e. The zero-order valence-corrected chi connectivity index (χ0v) is 8.86. The van der Waals surface area contributed by atoms with Gasteiger partial charge in [-0.05, 0) is 19.0 Å². The molecule has 15 heavy (non-hydrogen) atoms. The Labute approximate surface area is 88.8 Å². The molecule has 2 heterocycles. The summed E-state index contributed by atoms with van der Waals surface area (Å²) >= 11 is 0. The van der Waals surface area contributed by atoms with E-state index < -0.39 is 0 Å². The predicted molar refractivity (Wildman–Crippen MR) is 56.0 cm³/mol. The number of carbonyl (C=O) groups excluding carboxylic acids is 1. The Bertz CT molecular complexity index is 318. The Balaban J connectivity index is 1.79. The molecule has 1 aliphatic rings. The Hall–Kier alpha value is -1.36. The van der Waals surface area contributed by atoms with E-state index in [4.69, 9.17) is 0 Å². The van der Waals surface area contributed by atoms with Gasteiger partial charge >= 0.3 is 0 Å². The second-order valence-electron chi connectivity index (χ2n) is 4.08. The van der Waals surface area contributed by atoms with Gasteiger partial charge in [0.1, 0.15) is 0 Å². The highest BCUT2D eigenvalue weighted by atomic mass is 16.2. The van der Waals surface area contributed by atoms with Crippen molar-refractivity contribution >= 4 is 5.91 Å². The van der Waals surface area contributed by atoms with Crippen LogP contribution in [0.1, 0.15) is 12.0 Å². The first-order chi connectivity index (χ1) is 7.25. The zero-order valence-electron chi connectivity index (χ0n) is 8.86. The van der Waals surface area contributed by atoms with Crippen LogP contribution in [0.2, 0.25) is 0 Å². The molecule has 1 aliphatic heterocycles. The van der Waals surface area contributed by atoms with Gasteiger partial charge in [0, 0.05) is 31.8 Å². The minimum Gasteiger partial charge on any atom is -0.341 e. The summed E-state index contributed by atoms with van der Waals surface area (Å²) in [6.45, 7) is 2.59. The maximum Gasteiger partial charge on any atom is 0.222 e. The summed E-state index contributed by atoms with van der Waals surface area (Å²) in [5.41, 5.74) is 1.04. The molecule has 5 heteroatoms. The number of aromatic amines is 1. The van der Waals surface area contributed by atoms with Crippen LogP contribution < -0.4 is 5.32 Å². The van der Waals surface area contributed by atoms with Crippen molar-refractivity contribution in [2.24, 2.45) is 5.92 Å². The van der Waals surface area contributed by atoms with E-state index in [0.29, 0.717) is 18.9 Å². The summed E-state index contributed by atoms with van der Waals surface area (Å²) in [5.74, 6) is 0.743. The van der Waals surface area contributed by atoms with Crippen LogP contribution >= 0.6 is 0 Å². The molecule has 1 saturated heterocycles. The average Bonchev–Trinajstić information content (AvgIpc) is 2.63. The van der Waals surface area contributed by atoms with Crippen LogP contribution in [0.4, 0.5) is 0 Å². The van der Waals surface area contributed by atoms with Crippen molar-refractivity contribution in [2.75, 3.05) is 20.1 Å². The zero-order chi connectivity index (χ0) is 10.7. The van der Waals surface area contributed by atoms with Crippen molar-refractivity contribution in [3.63, 3.8) is 0 Å². The Morgan fingerprint density at radius 2 is 2.47 bits per heavy atom. The fourth-order valence-electron chi connectivity index (χ4n) is 1.62. The molecule has 1 fully saturated rings. The van der Waals surface area contributed by atoms with Crippen molar-refractivity contribution in [3.05, 3.63) is 18.0 Å². The third-order valence-corrected chi connectivity index (χ3v) is 2.73. The summed E-state index contributed by atoms with van der Waals surface area (Å²) in [6, 6.07) is 0. The molecule has 2 rings (SSSR count). The van der Waals surface area contributed by atoms with Gasteiger partial charge in [-0.1, -0.05) is 0 Å². The van der Waals surface area contributed by atoms with Gasteiger partial charge in [0.25, 0.3) is 0 Å². The molecule has 1 aromatic heterocycles. The van der Waals surface area contributed by atoms with Gasteiger partial charge < -0.3 is 10.2 Å². The summed E-state index contributed by atoms with van der Waals surface area (Å²) in [7, 11) is 1.83. The minimum absolute atomic E-state index is 0.211. The topological polar surface area (TPSA) is 61.0 Å². The molecule has 0 aromatic carbocycles. The van der Waals surface area contributed by atoms with Crippen LogP contribution in [0.15, 0.2) is 12.4 Å². The number of nitrogens with zero attached hydrogens (tertiary/aromatic N) is 2. The fraction of sp³-hybridized carbons (Fsp3) is 0.600. The Morgan fingerprint density at radius 3 is 3.00 bits per heavy atom. The monoisotopic (exact) mass is 208 g/mol. The average molecular weight is 208 g/mol. The number of hydrogen-bond donors (Lipinski definition) is 2. The van der Waals surface area contributed by atoms with Gasteiger partial charge in [-0.25, -0.2) is 0 Å². The number of carbonyl (C=O) groups is 1. The molecule has 0 atom stereocenters. The summed E-state index contributed by atoms with van der Waals surface area (Å²) < 4.78 is 0. The molecule has 1 amide bonds. The second-order valence-corrected chi connectivity index (χ2v) is 4.08. The van der Waals surface area contributed by atoms with Gasteiger partial charge in [-0.2, -0.15) is 5.10 Å². The molecular weight excluding hydrogens is 192 g/mol. The van der Waals surface area contributed by atoms with E-state index >= 15 is 0 Å². The smallest absolute Gasteiger partial charge is 0.222 e. The first kappa shape index (κ1) is 10.2. The Kier molecular flexibility index (Phi) is 3.01. The lowest BCUT2D eigenvalue weighted by Gasteiger charge is -2.28. The quantitative estimate of drug-likeness (QED) is 0.731. The van der Waals surface area contributed by atoms with Crippen molar-refractivity contribution in [1.82, 2.24) is 20.4 Å². The lowest BCUT2D eigenvalue weighted by atomic mass is 9.99. The number of H-pyrrole nitrogens is 1. The van der Waals surface area contributed by atoms with Gasteiger partial charge in [-0.15, -0.1) is 0 Å². The van der Waals surface area contributed by atoms with E-state index in [1.54, 1.807) is 11.1 Å². The molecule has 0 saturated carbocycles. The highest BCUT2D eigenvalue weighted by Crippen LogP contribution is 2.11. The Morgan fingerprint density at radius 1 is 1.67 bits per heavy atom. The van der Waals surface area contributed by atoms with Gasteiger partial charge in [-0.3, -0.25) is 9.89 Å². The lowest BCUT2D eigenvalue weighted by Crippen LogP contribution is -2.44. The van der Waals surface area contributed by atoms with Gasteiger partial charge in [0.15, 0.2) is 0 Å². The highest BCUT2D eigenvalue weighted by Gasteiger charge is 2.21. The van der Waals surface area contributed by atoms with Crippen LogP contribution in [0.3, 0.4) is 0 Å². The predicted octanol–water partition coefficient (Wildman–Crippen LogP) is -0.0224. The number of hydrogen-bond acceptors (Lipinski definition) is 3. The summed E-state index contributed by atoms with van der Waals surface area (Å²) in [6.07, 6.45) is 4.21. The van der Waals surface area contributed by atoms with Crippen LogP contribution in [0, 0.1) is 5.92 Å². The molecule has 0 bridgehead atoms. The molecule has 2 N–H and O–H groups in total. The van der Waals surface area contributed by atoms with E-state index in [1.165, 1.54) is 0 Å². The molecule has 0 spiro atoms. The van der Waals surface area contributed by atoms with E-state index in [2.05, 4.69) is 15.5 Å². The SMILES string of the molecule is CN(Cc1cn[nH]c1)C(=O)CC1CNC1. The van der Waals surface area contributed by atoms with Crippen LogP contribution in [0.25, 0.3) is 0 Å². The normalized spacial score (nSPS) is 16.1. The number of aromatic nitrogens is 2. The van der Waals surface area contributed by atoms with Gasteiger partial charge in [0.05, 0.1) is 6.20 Å². The number of nitrogens with one attached hydrogen (secondary N) is 2. The maximum atomic E-state index is 11.7. The van der Waals surface area contributed by atoms with E-state index in [1.807, 2.05) is 13.2 Å². The van der Waals surface area contributed by atoms with E-state index in [-0.39, 0.29) is 5.91 Å². The molecular formula is C10H16N4O. The molecule has 5 nitrogen and oxygen atoms in total. The fourth-order valence-corrected chi connectivity index (χ4v) is 1.62. The summed E-state index contributed by atoms with van der Waals surface area (Å²) in [5, 5.41) is 9.75. The first-order valence-electron chi connectivity index (χ1n) is 5.18. The molecule has 82 valence electrons. The van der Waals surface area contributed by atoms with Crippen molar-refractivity contribution in [2.45, 2.75) is 13.0 Å². The van der Waals surface area contributed by atoms with Crippen LogP contribution in [0.5, 0.6) is 0 Å². The molecule has 1 aromatic rings. The third-order valence-electron chi connectivity index (χ3n) is 2.73. The van der Waals surface area contributed by atoms with Crippen molar-refractivity contribution in [3.8, 4) is 0 Å². The molecule has 0 radical (unpaired) electrons. The van der Waals surface area contributed by atoms with Crippen molar-refractivity contribution in [1.29, 1.82) is 0 Å². The maximum absolute atomic E-state index is 11.7. The highest BCUT2D eigenvalue weighted by molar-refractivity contribution is 5.76. The van der Waals surface area contributed by atoms with Crippen LogP contribution in [-0.4, -0.2) is 41.1 Å². The summed E-state index contributed by atoms with van der Waals surface area (Å²) in [4.78, 5) is 13.5. The van der Waals surface area contributed by atoms with Crippen molar-refractivity contribution < 1.29 is 4.79 Å². The van der Waals surface area contributed by atoms with E-state index in [9.17, 15) is 4.79 Å². The minimum atomic E-state index is 0.211. The lowest BCUT2D eigenvalue weighted by molar-refractivity contribution is -0.131. The molecule has 0 aliphatic carbocycles. The van der Waals surface area contributed by atoms with Gasteiger partial charge in [0.2, 0.25) is 5.91 Å². The standard InChI is InChI=1S/C10H16N4O/c1-14(7-9-5-12-13-6-9)10(15)2-8-3-11-4-8/h5-6,8,11H,2-4,7H2,1H3,(H,12,13). The van der Waals surface area contributed by atoms with Crippen LogP contribution in [-0.2, 0) is 11.3 Å². The third kappa shape index (κ3) is 2.56. The number of rotatable bonds is 4. The second kappa shape index (κ2) is 4.44. The number of amides is 1. The van der Waals surface area contributed by atoms with E-state index in [0.717, 1.165) is 18.7 Å². The molecule has 0 unspecified atom stereocenters.